The normalized spacial score (nSPS) is 14.2. The minimum Gasteiger partial charge on any atom is -0.507 e. The summed E-state index contributed by atoms with van der Waals surface area (Å²) in [6.45, 7) is 4.22. The summed E-state index contributed by atoms with van der Waals surface area (Å²) >= 11 is 0. The molecule has 0 spiro atoms. The first-order valence-electron chi connectivity index (χ1n) is 7.04. The summed E-state index contributed by atoms with van der Waals surface area (Å²) in [4.78, 5) is 0. The highest BCUT2D eigenvalue weighted by Gasteiger charge is 2.13. The number of rotatable bonds is 0. The van der Waals surface area contributed by atoms with Crippen LogP contribution in [0, 0.1) is 13.8 Å². The minimum atomic E-state index is 0.510. The Bertz CT molecular complexity index is 609. The van der Waals surface area contributed by atoms with E-state index in [9.17, 15) is 5.11 Å². The second-order valence-corrected chi connectivity index (χ2v) is 5.62. The monoisotopic (exact) mass is 252 g/mol. The third-order valence-electron chi connectivity index (χ3n) is 4.35. The van der Waals surface area contributed by atoms with Crippen molar-refractivity contribution in [3.8, 4) is 5.75 Å². The lowest BCUT2D eigenvalue weighted by Crippen LogP contribution is -2.03. The van der Waals surface area contributed by atoms with Crippen molar-refractivity contribution in [1.29, 1.82) is 0 Å². The summed E-state index contributed by atoms with van der Waals surface area (Å²) in [5.74, 6) is 0.510. The Hall–Kier alpha value is -1.76. The van der Waals surface area contributed by atoms with Gasteiger partial charge in [0.25, 0.3) is 0 Å². The van der Waals surface area contributed by atoms with Gasteiger partial charge in [-0.3, -0.25) is 0 Å². The fourth-order valence-electron chi connectivity index (χ4n) is 3.09. The summed E-state index contributed by atoms with van der Waals surface area (Å²) in [6.07, 6.45) is 3.95. The van der Waals surface area contributed by atoms with Gasteiger partial charge in [-0.05, 0) is 72.9 Å². The smallest absolute Gasteiger partial charge is 0.121 e. The Labute approximate surface area is 114 Å². The van der Waals surface area contributed by atoms with E-state index < -0.39 is 0 Å². The number of hydrogen-bond acceptors (Lipinski definition) is 1. The van der Waals surface area contributed by atoms with Crippen LogP contribution < -0.4 is 0 Å². The average molecular weight is 252 g/mol. The molecule has 98 valence electrons. The number of phenols is 1. The van der Waals surface area contributed by atoms with Crippen LogP contribution in [0.1, 0.15) is 33.4 Å². The van der Waals surface area contributed by atoms with Gasteiger partial charge < -0.3 is 5.11 Å². The van der Waals surface area contributed by atoms with Gasteiger partial charge in [-0.2, -0.15) is 0 Å². The Kier molecular flexibility index (Phi) is 3.06. The van der Waals surface area contributed by atoms with Crippen LogP contribution >= 0.6 is 0 Å². The van der Waals surface area contributed by atoms with E-state index >= 15 is 0 Å². The van der Waals surface area contributed by atoms with Gasteiger partial charge in [0.05, 0.1) is 0 Å². The van der Waals surface area contributed by atoms with Crippen LogP contribution in [0.2, 0.25) is 0 Å². The molecule has 2 aromatic carbocycles. The number of aromatic hydroxyl groups is 1. The number of benzene rings is 2. The van der Waals surface area contributed by atoms with Gasteiger partial charge in [0.15, 0.2) is 0 Å². The van der Waals surface area contributed by atoms with Crippen molar-refractivity contribution >= 4 is 0 Å². The van der Waals surface area contributed by atoms with Crippen molar-refractivity contribution in [3.05, 3.63) is 63.7 Å². The first-order chi connectivity index (χ1) is 9.15. The van der Waals surface area contributed by atoms with E-state index in [1.54, 1.807) is 0 Å². The molecular formula is C18H20O. The SMILES string of the molecule is Cc1cc2c(O)c(C)c1CCc1ccc(cc1)CC2. The molecular weight excluding hydrogens is 232 g/mol. The lowest BCUT2D eigenvalue weighted by Gasteiger charge is -2.17. The average Bonchev–Trinajstić information content (AvgIpc) is 2.40. The molecule has 0 aliphatic heterocycles. The third-order valence-corrected chi connectivity index (χ3v) is 4.35. The maximum Gasteiger partial charge on any atom is 0.121 e. The molecule has 0 saturated heterocycles. The standard InChI is InChI=1S/C18H20O/c1-12-11-16-9-7-14-3-5-15(6-4-14)8-10-17(12)13(2)18(16)19/h3-6,11,19H,7-10H2,1-2H3. The van der Waals surface area contributed by atoms with E-state index in [1.807, 2.05) is 0 Å². The number of aryl methyl sites for hydroxylation is 4. The zero-order valence-corrected chi connectivity index (χ0v) is 11.7. The molecule has 0 fully saturated rings. The molecule has 2 aromatic rings. The molecule has 1 nitrogen and oxygen atoms in total. The molecule has 0 unspecified atom stereocenters. The Morgan fingerprint density at radius 2 is 1.42 bits per heavy atom. The number of phenolic OH excluding ortho intramolecular Hbond substituents is 1. The van der Waals surface area contributed by atoms with Crippen LogP contribution in [0.15, 0.2) is 30.3 Å². The molecule has 0 saturated carbocycles. The first kappa shape index (κ1) is 12.3. The van der Waals surface area contributed by atoms with Crippen molar-refractivity contribution in [2.24, 2.45) is 0 Å². The largest absolute Gasteiger partial charge is 0.507 e. The van der Waals surface area contributed by atoms with Crippen molar-refractivity contribution in [2.75, 3.05) is 0 Å². The zero-order chi connectivity index (χ0) is 13.4. The van der Waals surface area contributed by atoms with Gasteiger partial charge in [-0.25, -0.2) is 0 Å². The summed E-state index contributed by atoms with van der Waals surface area (Å²) in [6, 6.07) is 11.1. The van der Waals surface area contributed by atoms with E-state index in [-0.39, 0.29) is 0 Å². The third kappa shape index (κ3) is 2.25. The van der Waals surface area contributed by atoms with Crippen LogP contribution in [0.5, 0.6) is 5.75 Å². The summed E-state index contributed by atoms with van der Waals surface area (Å²) < 4.78 is 0. The van der Waals surface area contributed by atoms with Crippen LogP contribution in [-0.2, 0) is 25.7 Å². The molecule has 6 rings (SSSR count). The lowest BCUT2D eigenvalue weighted by atomic mass is 9.90. The summed E-state index contributed by atoms with van der Waals surface area (Å²) in [5.41, 5.74) is 7.52. The highest BCUT2D eigenvalue weighted by molar-refractivity contribution is 5.49. The highest BCUT2D eigenvalue weighted by Crippen LogP contribution is 2.31. The van der Waals surface area contributed by atoms with Gasteiger partial charge >= 0.3 is 0 Å². The summed E-state index contributed by atoms with van der Waals surface area (Å²) in [7, 11) is 0. The molecule has 0 heterocycles. The van der Waals surface area contributed by atoms with Gasteiger partial charge in [0.1, 0.15) is 5.75 Å². The van der Waals surface area contributed by atoms with Gasteiger partial charge in [0.2, 0.25) is 0 Å². The molecule has 1 N–H and O–H groups in total. The van der Waals surface area contributed by atoms with Gasteiger partial charge in [0, 0.05) is 0 Å². The Morgan fingerprint density at radius 1 is 0.842 bits per heavy atom. The zero-order valence-electron chi connectivity index (χ0n) is 11.7. The number of hydrogen-bond donors (Lipinski definition) is 1. The van der Waals surface area contributed by atoms with Crippen LogP contribution in [-0.4, -0.2) is 5.11 Å². The van der Waals surface area contributed by atoms with Crippen molar-refractivity contribution < 1.29 is 5.11 Å². The molecule has 4 aliphatic carbocycles. The molecule has 4 aliphatic rings. The molecule has 4 bridgehead atoms. The van der Waals surface area contributed by atoms with Crippen molar-refractivity contribution in [2.45, 2.75) is 39.5 Å². The highest BCUT2D eigenvalue weighted by atomic mass is 16.3. The van der Waals surface area contributed by atoms with Crippen LogP contribution in [0.25, 0.3) is 0 Å². The van der Waals surface area contributed by atoms with E-state index in [1.165, 1.54) is 22.3 Å². The Balaban J connectivity index is 2.11. The fraction of sp³-hybridized carbons (Fsp3) is 0.333. The predicted molar refractivity (Wildman–Crippen MR) is 78.8 cm³/mol. The molecule has 19 heavy (non-hydrogen) atoms. The van der Waals surface area contributed by atoms with Crippen molar-refractivity contribution in [3.63, 3.8) is 0 Å². The van der Waals surface area contributed by atoms with Gasteiger partial charge in [-0.1, -0.05) is 30.3 Å². The van der Waals surface area contributed by atoms with Crippen molar-refractivity contribution in [1.82, 2.24) is 0 Å². The maximum absolute atomic E-state index is 10.4. The minimum absolute atomic E-state index is 0.510. The van der Waals surface area contributed by atoms with Gasteiger partial charge in [-0.15, -0.1) is 0 Å². The second kappa shape index (κ2) is 4.73. The van der Waals surface area contributed by atoms with Crippen LogP contribution in [0.4, 0.5) is 0 Å². The molecule has 0 atom stereocenters. The van der Waals surface area contributed by atoms with E-state index in [4.69, 9.17) is 0 Å². The Morgan fingerprint density at radius 3 is 2.05 bits per heavy atom. The van der Waals surface area contributed by atoms with E-state index in [0.717, 1.165) is 36.8 Å². The van der Waals surface area contributed by atoms with E-state index in [2.05, 4.69) is 44.2 Å². The second-order valence-electron chi connectivity index (χ2n) is 5.62. The molecule has 1 heteroatoms. The molecule has 0 radical (unpaired) electrons. The van der Waals surface area contributed by atoms with Crippen LogP contribution in [0.3, 0.4) is 0 Å². The topological polar surface area (TPSA) is 20.2 Å². The molecule has 0 amide bonds. The first-order valence-corrected chi connectivity index (χ1v) is 7.04. The fourth-order valence-corrected chi connectivity index (χ4v) is 3.09. The lowest BCUT2D eigenvalue weighted by molar-refractivity contribution is 0.462. The van der Waals surface area contributed by atoms with E-state index in [0.29, 0.717) is 5.75 Å². The predicted octanol–water partition coefficient (Wildman–Crippen LogP) is 3.89. The quantitative estimate of drug-likeness (QED) is 0.754. The molecule has 0 aromatic heterocycles. The summed E-state index contributed by atoms with van der Waals surface area (Å²) in [5, 5.41) is 10.4. The maximum atomic E-state index is 10.4.